The smallest absolute Gasteiger partial charge is 0.255 e. The van der Waals surface area contributed by atoms with E-state index in [1.54, 1.807) is 10.6 Å². The molecule has 4 heteroatoms. The van der Waals surface area contributed by atoms with Gasteiger partial charge in [0.2, 0.25) is 0 Å². The van der Waals surface area contributed by atoms with E-state index >= 15 is 0 Å². The molecule has 112 valence electrons. The number of aromatic nitrogens is 1. The van der Waals surface area contributed by atoms with Crippen molar-refractivity contribution in [3.63, 3.8) is 0 Å². The maximum absolute atomic E-state index is 12.5. The van der Waals surface area contributed by atoms with Crippen LogP contribution >= 0.6 is 11.6 Å². The lowest BCUT2D eigenvalue weighted by atomic mass is 10.1. The molecular weight excluding hydrogens is 286 g/mol. The van der Waals surface area contributed by atoms with Crippen molar-refractivity contribution in [2.75, 3.05) is 6.61 Å². The SMILES string of the molecule is CCCn1c(-c2ccccc2OCC)ccc(CCl)c1=O. The number of nitrogens with zero attached hydrogens (tertiary/aromatic N) is 1. The van der Waals surface area contributed by atoms with Crippen molar-refractivity contribution in [2.45, 2.75) is 32.7 Å². The molecule has 0 aliphatic rings. The summed E-state index contributed by atoms with van der Waals surface area (Å²) in [5.41, 5.74) is 2.42. The summed E-state index contributed by atoms with van der Waals surface area (Å²) in [6.45, 7) is 5.26. The first-order valence-corrected chi connectivity index (χ1v) is 7.77. The molecule has 0 aliphatic carbocycles. The Bertz CT molecular complexity index is 664. The van der Waals surface area contributed by atoms with Crippen LogP contribution in [0.1, 0.15) is 25.8 Å². The second-order valence-corrected chi connectivity index (χ2v) is 5.03. The van der Waals surface area contributed by atoms with Crippen LogP contribution in [-0.2, 0) is 12.4 Å². The van der Waals surface area contributed by atoms with Gasteiger partial charge in [-0.3, -0.25) is 4.79 Å². The Hall–Kier alpha value is -1.74. The number of pyridine rings is 1. The molecule has 1 aromatic heterocycles. The Morgan fingerprint density at radius 3 is 2.57 bits per heavy atom. The summed E-state index contributed by atoms with van der Waals surface area (Å²) in [5, 5.41) is 0. The van der Waals surface area contributed by atoms with Crippen LogP contribution in [0.4, 0.5) is 0 Å². The molecule has 0 fully saturated rings. The minimum atomic E-state index is -0.0179. The Morgan fingerprint density at radius 1 is 1.14 bits per heavy atom. The molecule has 0 unspecified atom stereocenters. The minimum absolute atomic E-state index is 0.0179. The first-order valence-electron chi connectivity index (χ1n) is 7.23. The van der Waals surface area contributed by atoms with Crippen molar-refractivity contribution in [1.29, 1.82) is 0 Å². The zero-order valence-corrected chi connectivity index (χ0v) is 13.2. The van der Waals surface area contributed by atoms with E-state index < -0.39 is 0 Å². The van der Waals surface area contributed by atoms with Crippen LogP contribution in [0.15, 0.2) is 41.2 Å². The fourth-order valence-corrected chi connectivity index (χ4v) is 2.57. The van der Waals surface area contributed by atoms with Gasteiger partial charge in [-0.2, -0.15) is 0 Å². The number of para-hydroxylation sites is 1. The van der Waals surface area contributed by atoms with Crippen LogP contribution in [-0.4, -0.2) is 11.2 Å². The van der Waals surface area contributed by atoms with Gasteiger partial charge >= 0.3 is 0 Å². The highest BCUT2D eigenvalue weighted by molar-refractivity contribution is 6.17. The van der Waals surface area contributed by atoms with E-state index in [-0.39, 0.29) is 11.4 Å². The number of hydrogen-bond donors (Lipinski definition) is 0. The first-order chi connectivity index (χ1) is 10.2. The molecule has 1 aromatic carbocycles. The summed E-state index contributed by atoms with van der Waals surface area (Å²) in [6, 6.07) is 11.5. The molecular formula is C17H20ClNO2. The molecule has 2 aromatic rings. The summed E-state index contributed by atoms with van der Waals surface area (Å²) in [5.74, 6) is 1.03. The number of rotatable bonds is 6. The zero-order valence-electron chi connectivity index (χ0n) is 12.4. The second-order valence-electron chi connectivity index (χ2n) is 4.76. The van der Waals surface area contributed by atoms with Crippen LogP contribution in [0.25, 0.3) is 11.3 Å². The van der Waals surface area contributed by atoms with Gasteiger partial charge in [-0.1, -0.05) is 25.1 Å². The van der Waals surface area contributed by atoms with Gasteiger partial charge in [-0.25, -0.2) is 0 Å². The quantitative estimate of drug-likeness (QED) is 0.754. The highest BCUT2D eigenvalue weighted by atomic mass is 35.5. The number of alkyl halides is 1. The van der Waals surface area contributed by atoms with Gasteiger partial charge in [-0.15, -0.1) is 11.6 Å². The van der Waals surface area contributed by atoms with Gasteiger partial charge in [0, 0.05) is 17.7 Å². The molecule has 0 spiro atoms. The summed E-state index contributed by atoms with van der Waals surface area (Å²) in [7, 11) is 0. The van der Waals surface area contributed by atoms with E-state index in [9.17, 15) is 4.79 Å². The van der Waals surface area contributed by atoms with E-state index in [1.807, 2.05) is 37.3 Å². The largest absolute Gasteiger partial charge is 0.493 e. The molecule has 0 aliphatic heterocycles. The molecule has 0 amide bonds. The number of halogens is 1. The number of ether oxygens (including phenoxy) is 1. The van der Waals surface area contributed by atoms with Gasteiger partial charge in [-0.05, 0) is 31.5 Å². The van der Waals surface area contributed by atoms with Crippen molar-refractivity contribution in [3.05, 3.63) is 52.3 Å². The molecule has 21 heavy (non-hydrogen) atoms. The van der Waals surface area contributed by atoms with E-state index in [1.165, 1.54) is 0 Å². The lowest BCUT2D eigenvalue weighted by Crippen LogP contribution is -2.24. The predicted molar refractivity (Wildman–Crippen MR) is 87.2 cm³/mol. The highest BCUT2D eigenvalue weighted by Crippen LogP contribution is 2.29. The topological polar surface area (TPSA) is 31.2 Å². The molecule has 3 nitrogen and oxygen atoms in total. The highest BCUT2D eigenvalue weighted by Gasteiger charge is 2.13. The van der Waals surface area contributed by atoms with Crippen LogP contribution in [0, 0.1) is 0 Å². The van der Waals surface area contributed by atoms with Gasteiger partial charge in [0.1, 0.15) is 5.75 Å². The zero-order chi connectivity index (χ0) is 15.2. The summed E-state index contributed by atoms with van der Waals surface area (Å²) < 4.78 is 7.47. The van der Waals surface area contributed by atoms with E-state index in [2.05, 4.69) is 6.92 Å². The standard InChI is InChI=1S/C17H20ClNO2/c1-3-11-19-15(10-9-13(12-18)17(19)20)14-7-5-6-8-16(14)21-4-2/h5-10H,3-4,11-12H2,1-2H3. The van der Waals surface area contributed by atoms with Gasteiger partial charge in [0.15, 0.2) is 0 Å². The monoisotopic (exact) mass is 305 g/mol. The first kappa shape index (κ1) is 15.6. The average molecular weight is 306 g/mol. The van der Waals surface area contributed by atoms with Crippen molar-refractivity contribution >= 4 is 11.6 Å². The number of benzene rings is 1. The molecule has 0 saturated heterocycles. The normalized spacial score (nSPS) is 10.6. The van der Waals surface area contributed by atoms with Crippen molar-refractivity contribution in [1.82, 2.24) is 4.57 Å². The molecule has 0 atom stereocenters. The van der Waals surface area contributed by atoms with Crippen molar-refractivity contribution in [2.24, 2.45) is 0 Å². The molecule has 0 bridgehead atoms. The minimum Gasteiger partial charge on any atom is -0.493 e. The summed E-state index contributed by atoms with van der Waals surface area (Å²) >= 11 is 5.85. The maximum Gasteiger partial charge on any atom is 0.255 e. The van der Waals surface area contributed by atoms with E-state index in [0.717, 1.165) is 23.4 Å². The van der Waals surface area contributed by atoms with Crippen molar-refractivity contribution < 1.29 is 4.74 Å². The summed E-state index contributed by atoms with van der Waals surface area (Å²) in [4.78, 5) is 12.5. The Labute approximate surface area is 130 Å². The lowest BCUT2D eigenvalue weighted by molar-refractivity contribution is 0.341. The Kier molecular flexibility index (Phi) is 5.45. The third-order valence-electron chi connectivity index (χ3n) is 3.31. The second kappa shape index (κ2) is 7.32. The third-order valence-corrected chi connectivity index (χ3v) is 3.60. The maximum atomic E-state index is 12.5. The fraction of sp³-hybridized carbons (Fsp3) is 0.353. The molecule has 0 saturated carbocycles. The molecule has 0 radical (unpaired) electrons. The van der Waals surface area contributed by atoms with Crippen LogP contribution < -0.4 is 10.3 Å². The average Bonchev–Trinajstić information content (AvgIpc) is 2.50. The predicted octanol–water partition coefficient (Wildman–Crippen LogP) is 4.06. The third kappa shape index (κ3) is 3.30. The van der Waals surface area contributed by atoms with Crippen LogP contribution in [0.2, 0.25) is 0 Å². The molecule has 2 rings (SSSR count). The number of hydrogen-bond acceptors (Lipinski definition) is 2. The lowest BCUT2D eigenvalue weighted by Gasteiger charge is -2.16. The Morgan fingerprint density at radius 2 is 1.90 bits per heavy atom. The summed E-state index contributed by atoms with van der Waals surface area (Å²) in [6.07, 6.45) is 0.884. The van der Waals surface area contributed by atoms with Crippen LogP contribution in [0.3, 0.4) is 0 Å². The molecule has 1 heterocycles. The van der Waals surface area contributed by atoms with Gasteiger partial charge < -0.3 is 9.30 Å². The van der Waals surface area contributed by atoms with Crippen LogP contribution in [0.5, 0.6) is 5.75 Å². The fourth-order valence-electron chi connectivity index (χ4n) is 2.37. The Balaban J connectivity index is 2.63. The molecule has 0 N–H and O–H groups in total. The van der Waals surface area contributed by atoms with E-state index in [4.69, 9.17) is 16.3 Å². The van der Waals surface area contributed by atoms with E-state index in [0.29, 0.717) is 18.7 Å². The van der Waals surface area contributed by atoms with Gasteiger partial charge in [0.25, 0.3) is 5.56 Å². The van der Waals surface area contributed by atoms with Gasteiger partial charge in [0.05, 0.1) is 18.2 Å². The van der Waals surface area contributed by atoms with Crippen molar-refractivity contribution in [3.8, 4) is 17.0 Å².